The van der Waals surface area contributed by atoms with E-state index in [0.717, 1.165) is 22.7 Å². The van der Waals surface area contributed by atoms with Crippen LogP contribution in [-0.2, 0) is 0 Å². The summed E-state index contributed by atoms with van der Waals surface area (Å²) < 4.78 is 0. The van der Waals surface area contributed by atoms with Crippen LogP contribution in [0.1, 0.15) is 20.8 Å². The molecule has 3 nitrogen and oxygen atoms in total. The molecule has 0 fully saturated rings. The molecule has 90 valence electrons. The third-order valence-corrected chi connectivity index (χ3v) is 2.45. The molecule has 0 saturated carbocycles. The largest absolute Gasteiger partial charge is 0.362 e. The average molecular weight is 229 g/mol. The molecule has 0 aromatic heterocycles. The number of rotatable bonds is 4. The molecule has 0 spiro atoms. The molecule has 1 N–H and O–H groups in total. The average Bonchev–Trinajstić information content (AvgIpc) is 2.34. The van der Waals surface area contributed by atoms with Crippen LogP contribution >= 0.6 is 0 Å². The molecule has 0 radical (unpaired) electrons. The van der Waals surface area contributed by atoms with E-state index in [1.807, 2.05) is 50.4 Å². The Balaban J connectivity index is 3.00. The SMILES string of the molecule is C=CN1C=C(C)N=C/C1=C(/C)C(=C)N/C=C\C. The van der Waals surface area contributed by atoms with E-state index in [1.165, 1.54) is 0 Å². The Morgan fingerprint density at radius 3 is 2.82 bits per heavy atom. The van der Waals surface area contributed by atoms with Gasteiger partial charge in [0.25, 0.3) is 0 Å². The van der Waals surface area contributed by atoms with Crippen molar-refractivity contribution < 1.29 is 0 Å². The van der Waals surface area contributed by atoms with Crippen molar-refractivity contribution >= 4 is 6.21 Å². The van der Waals surface area contributed by atoms with Crippen molar-refractivity contribution in [3.63, 3.8) is 0 Å². The molecular weight excluding hydrogens is 210 g/mol. The summed E-state index contributed by atoms with van der Waals surface area (Å²) in [6, 6.07) is 0. The number of hydrogen-bond donors (Lipinski definition) is 1. The molecule has 0 unspecified atom stereocenters. The van der Waals surface area contributed by atoms with Crippen molar-refractivity contribution in [3.8, 4) is 0 Å². The predicted molar refractivity (Wildman–Crippen MR) is 74.1 cm³/mol. The van der Waals surface area contributed by atoms with Crippen LogP contribution in [0, 0.1) is 0 Å². The van der Waals surface area contributed by atoms with E-state index in [9.17, 15) is 0 Å². The van der Waals surface area contributed by atoms with Gasteiger partial charge in [-0.3, -0.25) is 4.99 Å². The number of hydrogen-bond acceptors (Lipinski definition) is 3. The van der Waals surface area contributed by atoms with Crippen molar-refractivity contribution in [2.45, 2.75) is 20.8 Å². The quantitative estimate of drug-likeness (QED) is 0.801. The Labute approximate surface area is 103 Å². The summed E-state index contributed by atoms with van der Waals surface area (Å²) in [6.07, 6.45) is 9.30. The van der Waals surface area contributed by atoms with Gasteiger partial charge in [-0.2, -0.15) is 0 Å². The Kier molecular flexibility index (Phi) is 4.52. The molecule has 17 heavy (non-hydrogen) atoms. The summed E-state index contributed by atoms with van der Waals surface area (Å²) in [5, 5.41) is 3.11. The van der Waals surface area contributed by atoms with Gasteiger partial charge >= 0.3 is 0 Å². The van der Waals surface area contributed by atoms with Gasteiger partial charge in [0.1, 0.15) is 0 Å². The number of nitrogens with zero attached hydrogens (tertiary/aromatic N) is 2. The summed E-state index contributed by atoms with van der Waals surface area (Å²) in [7, 11) is 0. The fourth-order valence-electron chi connectivity index (χ4n) is 1.42. The fraction of sp³-hybridized carbons (Fsp3) is 0.214. The summed E-state index contributed by atoms with van der Waals surface area (Å²) in [6.45, 7) is 13.7. The summed E-state index contributed by atoms with van der Waals surface area (Å²) in [5.74, 6) is 0. The highest BCUT2D eigenvalue weighted by atomic mass is 15.1. The van der Waals surface area contributed by atoms with Crippen LogP contribution in [0.25, 0.3) is 0 Å². The minimum atomic E-state index is 0.851. The first-order valence-electron chi connectivity index (χ1n) is 5.51. The first-order chi connectivity index (χ1) is 8.10. The Morgan fingerprint density at radius 1 is 1.53 bits per heavy atom. The molecule has 0 saturated heterocycles. The number of nitrogens with one attached hydrogen (secondary N) is 1. The maximum atomic E-state index is 4.30. The number of allylic oxidation sites excluding steroid dienone is 4. The molecule has 0 aromatic carbocycles. The molecule has 1 rings (SSSR count). The van der Waals surface area contributed by atoms with Crippen molar-refractivity contribution in [2.24, 2.45) is 4.99 Å². The van der Waals surface area contributed by atoms with Gasteiger partial charge in [0.05, 0.1) is 17.6 Å². The molecule has 0 atom stereocenters. The molecule has 1 aliphatic heterocycles. The van der Waals surface area contributed by atoms with Crippen LogP contribution in [-0.4, -0.2) is 11.1 Å². The summed E-state index contributed by atoms with van der Waals surface area (Å²) in [5.41, 5.74) is 3.82. The third kappa shape index (κ3) is 3.21. The van der Waals surface area contributed by atoms with Crippen LogP contribution in [0.3, 0.4) is 0 Å². The van der Waals surface area contributed by atoms with Gasteiger partial charge in [0.15, 0.2) is 0 Å². The molecule has 1 heterocycles. The van der Waals surface area contributed by atoms with Crippen molar-refractivity contribution in [3.05, 3.63) is 60.5 Å². The van der Waals surface area contributed by atoms with E-state index >= 15 is 0 Å². The molecule has 3 heteroatoms. The lowest BCUT2D eigenvalue weighted by Crippen LogP contribution is -2.18. The molecule has 0 amide bonds. The first-order valence-corrected chi connectivity index (χ1v) is 5.51. The minimum absolute atomic E-state index is 0.851. The highest BCUT2D eigenvalue weighted by Crippen LogP contribution is 2.19. The monoisotopic (exact) mass is 229 g/mol. The maximum absolute atomic E-state index is 4.30. The molecule has 0 aliphatic carbocycles. The highest BCUT2D eigenvalue weighted by Gasteiger charge is 2.11. The van der Waals surface area contributed by atoms with Gasteiger partial charge in [-0.25, -0.2) is 0 Å². The van der Waals surface area contributed by atoms with Gasteiger partial charge < -0.3 is 10.2 Å². The smallest absolute Gasteiger partial charge is 0.0683 e. The predicted octanol–water partition coefficient (Wildman–Crippen LogP) is 3.29. The highest BCUT2D eigenvalue weighted by molar-refractivity contribution is 5.82. The van der Waals surface area contributed by atoms with Crippen molar-refractivity contribution in [2.75, 3.05) is 0 Å². The van der Waals surface area contributed by atoms with Gasteiger partial charge in [-0.05, 0) is 32.5 Å². The second-order valence-electron chi connectivity index (χ2n) is 3.75. The van der Waals surface area contributed by atoms with Crippen LogP contribution in [0.5, 0.6) is 0 Å². The van der Waals surface area contributed by atoms with Gasteiger partial charge in [-0.1, -0.05) is 19.2 Å². The zero-order valence-corrected chi connectivity index (χ0v) is 10.7. The van der Waals surface area contributed by atoms with Gasteiger partial charge in [0.2, 0.25) is 0 Å². The molecular formula is C14H19N3. The van der Waals surface area contributed by atoms with Gasteiger partial charge in [0, 0.05) is 18.1 Å². The van der Waals surface area contributed by atoms with Crippen LogP contribution < -0.4 is 5.32 Å². The second-order valence-corrected chi connectivity index (χ2v) is 3.75. The van der Waals surface area contributed by atoms with Crippen LogP contribution in [0.4, 0.5) is 0 Å². The minimum Gasteiger partial charge on any atom is -0.362 e. The maximum Gasteiger partial charge on any atom is 0.0683 e. The Morgan fingerprint density at radius 2 is 2.24 bits per heavy atom. The number of aliphatic imine (C=N–C) groups is 1. The zero-order chi connectivity index (χ0) is 12.8. The normalized spacial score (nSPS) is 18.1. The molecule has 0 bridgehead atoms. The van der Waals surface area contributed by atoms with E-state index in [4.69, 9.17) is 0 Å². The summed E-state index contributed by atoms with van der Waals surface area (Å²) >= 11 is 0. The standard InChI is InChI=1S/C14H19N3/c1-6-8-15-13(5)12(4)14-9-16-11(3)10-17(14)7-2/h6-10,15H,2,5H2,1,3-4H3/b8-6-,14-12+. The molecule has 1 aliphatic rings. The van der Waals surface area contributed by atoms with Crippen LogP contribution in [0.15, 0.2) is 65.5 Å². The third-order valence-electron chi connectivity index (χ3n) is 2.45. The lowest BCUT2D eigenvalue weighted by atomic mass is 10.1. The zero-order valence-electron chi connectivity index (χ0n) is 10.7. The lowest BCUT2D eigenvalue weighted by Gasteiger charge is -2.23. The molecule has 0 aromatic rings. The topological polar surface area (TPSA) is 27.6 Å². The Hall–Kier alpha value is -2.03. The van der Waals surface area contributed by atoms with Crippen LogP contribution in [0.2, 0.25) is 0 Å². The summed E-state index contributed by atoms with van der Waals surface area (Å²) in [4.78, 5) is 6.24. The van der Waals surface area contributed by atoms with Crippen molar-refractivity contribution in [1.82, 2.24) is 10.2 Å². The van der Waals surface area contributed by atoms with Crippen molar-refractivity contribution in [1.29, 1.82) is 0 Å². The van der Waals surface area contributed by atoms with E-state index in [-0.39, 0.29) is 0 Å². The fourth-order valence-corrected chi connectivity index (χ4v) is 1.42. The van der Waals surface area contributed by atoms with E-state index in [1.54, 1.807) is 6.20 Å². The lowest BCUT2D eigenvalue weighted by molar-refractivity contribution is 0.642. The second kappa shape index (κ2) is 5.89. The van der Waals surface area contributed by atoms with Gasteiger partial charge in [-0.15, -0.1) is 0 Å². The van der Waals surface area contributed by atoms with E-state index in [0.29, 0.717) is 0 Å². The first kappa shape index (κ1) is 13.0. The van der Waals surface area contributed by atoms with E-state index < -0.39 is 0 Å². The van der Waals surface area contributed by atoms with E-state index in [2.05, 4.69) is 23.5 Å². The Bertz CT molecular complexity index is 436.